The van der Waals surface area contributed by atoms with Crippen molar-refractivity contribution >= 4 is 23.3 Å². The van der Waals surface area contributed by atoms with Crippen molar-refractivity contribution in [2.75, 3.05) is 24.7 Å². The molecule has 1 heterocycles. The number of para-hydroxylation sites is 1. The number of hydrogen-bond acceptors (Lipinski definition) is 7. The van der Waals surface area contributed by atoms with Gasteiger partial charge in [0.2, 0.25) is 5.78 Å². The van der Waals surface area contributed by atoms with Gasteiger partial charge in [-0.15, -0.1) is 0 Å². The summed E-state index contributed by atoms with van der Waals surface area (Å²) in [7, 11) is 4.21. The third-order valence-corrected chi connectivity index (χ3v) is 3.74. The maximum Gasteiger partial charge on any atom is 0.340 e. The van der Waals surface area contributed by atoms with E-state index in [9.17, 15) is 19.2 Å². The highest BCUT2D eigenvalue weighted by Gasteiger charge is 2.22. The molecule has 0 atom stereocenters. The van der Waals surface area contributed by atoms with Crippen LogP contribution in [0.2, 0.25) is 0 Å². The number of ether oxygens (including phenoxy) is 1. The summed E-state index contributed by atoms with van der Waals surface area (Å²) in [5, 5.41) is 2.84. The Balaban J connectivity index is 2.26. The Hall–Kier alpha value is -3.36. The average Bonchev–Trinajstić information content (AvgIpc) is 2.62. The van der Waals surface area contributed by atoms with Gasteiger partial charge in [0, 0.05) is 26.8 Å². The van der Waals surface area contributed by atoms with Crippen molar-refractivity contribution in [2.45, 2.75) is 0 Å². The number of nitrogens with one attached hydrogen (secondary N) is 1. The topological polar surface area (TPSA) is 125 Å². The van der Waals surface area contributed by atoms with Gasteiger partial charge in [0.15, 0.2) is 6.61 Å². The van der Waals surface area contributed by atoms with Crippen LogP contribution in [0.15, 0.2) is 33.9 Å². The molecule has 0 unspecified atom stereocenters. The van der Waals surface area contributed by atoms with E-state index in [2.05, 4.69) is 5.32 Å². The van der Waals surface area contributed by atoms with E-state index >= 15 is 0 Å². The highest BCUT2D eigenvalue weighted by Crippen LogP contribution is 2.15. The van der Waals surface area contributed by atoms with Crippen molar-refractivity contribution < 1.29 is 14.3 Å². The average molecular weight is 346 g/mol. The molecule has 2 rings (SSSR count). The highest BCUT2D eigenvalue weighted by molar-refractivity contribution is 6.03. The third kappa shape index (κ3) is 3.30. The highest BCUT2D eigenvalue weighted by atomic mass is 16.5. The van der Waals surface area contributed by atoms with Crippen molar-refractivity contribution in [1.82, 2.24) is 9.13 Å². The number of hydrogen-bond donors (Lipinski definition) is 2. The molecule has 1 aromatic carbocycles. The maximum absolute atomic E-state index is 12.3. The number of esters is 1. The summed E-state index contributed by atoms with van der Waals surface area (Å²) in [4.78, 5) is 48.3. The van der Waals surface area contributed by atoms with Crippen LogP contribution >= 0.6 is 0 Å². The first-order valence-electron chi connectivity index (χ1n) is 7.32. The standard InChI is InChI=1S/C16H18N4O5/c1-18-10-7-5-4-6-9(10)15(23)25-8-11(21)12-13(17)19(2)16(24)20(3)14(12)22/h4-7,18H,8,17H2,1-3H3. The molecule has 1 aromatic heterocycles. The molecule has 3 N–H and O–H groups in total. The molecular weight excluding hydrogens is 328 g/mol. The number of benzene rings is 1. The smallest absolute Gasteiger partial charge is 0.340 e. The Morgan fingerprint density at radius 3 is 2.44 bits per heavy atom. The number of carbonyl (C=O) groups is 2. The largest absolute Gasteiger partial charge is 0.454 e. The van der Waals surface area contributed by atoms with Crippen LogP contribution < -0.4 is 22.3 Å². The van der Waals surface area contributed by atoms with Gasteiger partial charge in [0.05, 0.1) is 5.56 Å². The van der Waals surface area contributed by atoms with E-state index in [-0.39, 0.29) is 16.9 Å². The number of ketones is 1. The fourth-order valence-electron chi connectivity index (χ4n) is 2.28. The van der Waals surface area contributed by atoms with Crippen LogP contribution in [0.4, 0.5) is 11.5 Å². The summed E-state index contributed by atoms with van der Waals surface area (Å²) < 4.78 is 6.73. The van der Waals surface area contributed by atoms with Crippen LogP contribution in [0.3, 0.4) is 0 Å². The first-order chi connectivity index (χ1) is 11.8. The molecular formula is C16H18N4O5. The molecule has 9 heteroatoms. The lowest BCUT2D eigenvalue weighted by Crippen LogP contribution is -2.42. The lowest BCUT2D eigenvalue weighted by atomic mass is 10.1. The van der Waals surface area contributed by atoms with E-state index in [0.29, 0.717) is 5.69 Å². The van der Waals surface area contributed by atoms with Gasteiger partial charge in [-0.3, -0.25) is 18.7 Å². The molecule has 25 heavy (non-hydrogen) atoms. The molecule has 0 aliphatic rings. The normalized spacial score (nSPS) is 10.4. The minimum atomic E-state index is -0.836. The predicted molar refractivity (Wildman–Crippen MR) is 91.9 cm³/mol. The van der Waals surface area contributed by atoms with E-state index in [1.807, 2.05) is 0 Å². The molecule has 0 spiro atoms. The summed E-state index contributed by atoms with van der Waals surface area (Å²) in [5.41, 5.74) is 4.60. The van der Waals surface area contributed by atoms with E-state index in [0.717, 1.165) is 9.13 Å². The quantitative estimate of drug-likeness (QED) is 0.565. The van der Waals surface area contributed by atoms with Crippen LogP contribution in [0.25, 0.3) is 0 Å². The SMILES string of the molecule is CNc1ccccc1C(=O)OCC(=O)c1c(N)n(C)c(=O)n(C)c1=O. The van der Waals surface area contributed by atoms with Gasteiger partial charge in [0.25, 0.3) is 5.56 Å². The number of nitrogens with two attached hydrogens (primary N) is 1. The molecule has 0 saturated heterocycles. The number of nitrogen functional groups attached to an aromatic ring is 1. The van der Waals surface area contributed by atoms with Crippen LogP contribution in [0.5, 0.6) is 0 Å². The third-order valence-electron chi connectivity index (χ3n) is 3.74. The zero-order valence-electron chi connectivity index (χ0n) is 14.0. The van der Waals surface area contributed by atoms with E-state index in [1.165, 1.54) is 20.2 Å². The van der Waals surface area contributed by atoms with E-state index < -0.39 is 29.6 Å². The second-order valence-corrected chi connectivity index (χ2v) is 5.26. The Labute approximate surface area is 142 Å². The summed E-state index contributed by atoms with van der Waals surface area (Å²) in [6, 6.07) is 6.61. The fraction of sp³-hybridized carbons (Fsp3) is 0.250. The van der Waals surface area contributed by atoms with E-state index in [4.69, 9.17) is 10.5 Å². The Kier molecular flexibility index (Phi) is 5.06. The van der Waals surface area contributed by atoms with Crippen molar-refractivity contribution in [3.05, 3.63) is 56.2 Å². The zero-order chi connectivity index (χ0) is 18.7. The molecule has 9 nitrogen and oxygen atoms in total. The number of rotatable bonds is 5. The summed E-state index contributed by atoms with van der Waals surface area (Å²) >= 11 is 0. The molecule has 0 saturated carbocycles. The molecule has 0 aliphatic carbocycles. The van der Waals surface area contributed by atoms with Gasteiger partial charge in [-0.05, 0) is 12.1 Å². The Morgan fingerprint density at radius 2 is 1.80 bits per heavy atom. The molecule has 2 aromatic rings. The minimum absolute atomic E-state index is 0.249. The molecule has 0 bridgehead atoms. The lowest BCUT2D eigenvalue weighted by molar-refractivity contribution is 0.0475. The summed E-state index contributed by atoms with van der Waals surface area (Å²) in [5.74, 6) is -1.78. The van der Waals surface area contributed by atoms with Crippen LogP contribution in [-0.4, -0.2) is 34.5 Å². The number of carbonyl (C=O) groups excluding carboxylic acids is 2. The van der Waals surface area contributed by atoms with Gasteiger partial charge in [0.1, 0.15) is 11.4 Å². The molecule has 0 amide bonds. The van der Waals surface area contributed by atoms with Gasteiger partial charge in [-0.2, -0.15) is 0 Å². The minimum Gasteiger partial charge on any atom is -0.454 e. The van der Waals surface area contributed by atoms with Crippen molar-refractivity contribution in [1.29, 1.82) is 0 Å². The number of anilines is 2. The number of aromatic nitrogens is 2. The van der Waals surface area contributed by atoms with Crippen molar-refractivity contribution in [2.24, 2.45) is 14.1 Å². The lowest BCUT2D eigenvalue weighted by Gasteiger charge is -2.11. The second kappa shape index (κ2) is 7.04. The van der Waals surface area contributed by atoms with Crippen LogP contribution in [-0.2, 0) is 18.8 Å². The maximum atomic E-state index is 12.3. The van der Waals surface area contributed by atoms with Gasteiger partial charge < -0.3 is 15.8 Å². The Bertz CT molecular complexity index is 958. The predicted octanol–water partition coefficient (Wildman–Crippen LogP) is -0.252. The van der Waals surface area contributed by atoms with Gasteiger partial charge in [-0.25, -0.2) is 9.59 Å². The molecule has 0 fully saturated rings. The summed E-state index contributed by atoms with van der Waals surface area (Å²) in [6.45, 7) is -0.672. The zero-order valence-corrected chi connectivity index (χ0v) is 14.0. The molecule has 0 radical (unpaired) electrons. The first-order valence-corrected chi connectivity index (χ1v) is 7.32. The van der Waals surface area contributed by atoms with Crippen LogP contribution in [0, 0.1) is 0 Å². The van der Waals surface area contributed by atoms with E-state index in [1.54, 1.807) is 25.2 Å². The monoisotopic (exact) mass is 346 g/mol. The van der Waals surface area contributed by atoms with Gasteiger partial charge >= 0.3 is 11.7 Å². The molecule has 132 valence electrons. The van der Waals surface area contributed by atoms with Crippen molar-refractivity contribution in [3.63, 3.8) is 0 Å². The summed E-state index contributed by atoms with van der Waals surface area (Å²) in [6.07, 6.45) is 0. The van der Waals surface area contributed by atoms with Crippen LogP contribution in [0.1, 0.15) is 20.7 Å². The number of nitrogens with zero attached hydrogens (tertiary/aromatic N) is 2. The first kappa shape index (κ1) is 18.0. The fourth-order valence-corrected chi connectivity index (χ4v) is 2.28. The van der Waals surface area contributed by atoms with Crippen molar-refractivity contribution in [3.8, 4) is 0 Å². The Morgan fingerprint density at radius 1 is 1.16 bits per heavy atom. The van der Waals surface area contributed by atoms with Gasteiger partial charge in [-0.1, -0.05) is 12.1 Å². The molecule has 0 aliphatic heterocycles. The second-order valence-electron chi connectivity index (χ2n) is 5.26. The number of Topliss-reactive ketones (excluding diaryl/α,β-unsaturated/α-hetero) is 1.